The SMILES string of the molecule is COC(C(=O)Cc1cc(Cl)cc2c1OCC2)C1CC1. The molecule has 102 valence electrons. The molecule has 1 aromatic carbocycles. The molecule has 3 rings (SSSR count). The largest absolute Gasteiger partial charge is 0.493 e. The quantitative estimate of drug-likeness (QED) is 0.832. The maximum absolute atomic E-state index is 12.3. The van der Waals surface area contributed by atoms with Crippen molar-refractivity contribution in [2.75, 3.05) is 13.7 Å². The number of methoxy groups -OCH3 is 1. The van der Waals surface area contributed by atoms with Crippen molar-refractivity contribution in [2.45, 2.75) is 31.8 Å². The van der Waals surface area contributed by atoms with Gasteiger partial charge in [-0.3, -0.25) is 4.79 Å². The van der Waals surface area contributed by atoms with Gasteiger partial charge >= 0.3 is 0 Å². The molecular weight excluding hydrogens is 264 g/mol. The number of hydrogen-bond acceptors (Lipinski definition) is 3. The van der Waals surface area contributed by atoms with Gasteiger partial charge in [-0.15, -0.1) is 0 Å². The fraction of sp³-hybridized carbons (Fsp3) is 0.533. The predicted molar refractivity (Wildman–Crippen MR) is 72.9 cm³/mol. The van der Waals surface area contributed by atoms with Crippen molar-refractivity contribution in [3.63, 3.8) is 0 Å². The highest BCUT2D eigenvalue weighted by Gasteiger charge is 2.36. The Labute approximate surface area is 117 Å². The summed E-state index contributed by atoms with van der Waals surface area (Å²) in [5.74, 6) is 1.39. The fourth-order valence-electron chi connectivity index (χ4n) is 2.75. The molecule has 19 heavy (non-hydrogen) atoms. The molecule has 0 radical (unpaired) electrons. The zero-order valence-corrected chi connectivity index (χ0v) is 11.7. The molecule has 2 aliphatic rings. The molecule has 0 bridgehead atoms. The van der Waals surface area contributed by atoms with Crippen LogP contribution >= 0.6 is 11.6 Å². The van der Waals surface area contributed by atoms with Crippen LogP contribution in [0.15, 0.2) is 12.1 Å². The maximum Gasteiger partial charge on any atom is 0.166 e. The monoisotopic (exact) mass is 280 g/mol. The van der Waals surface area contributed by atoms with Gasteiger partial charge in [-0.05, 0) is 36.5 Å². The van der Waals surface area contributed by atoms with E-state index in [1.165, 1.54) is 0 Å². The van der Waals surface area contributed by atoms with Crippen LogP contribution in [0.4, 0.5) is 0 Å². The van der Waals surface area contributed by atoms with E-state index >= 15 is 0 Å². The molecule has 1 unspecified atom stereocenters. The zero-order chi connectivity index (χ0) is 13.4. The Hall–Kier alpha value is -1.06. The lowest BCUT2D eigenvalue weighted by molar-refractivity contribution is -0.129. The third-order valence-corrected chi connectivity index (χ3v) is 4.03. The maximum atomic E-state index is 12.3. The van der Waals surface area contributed by atoms with Gasteiger partial charge in [0.05, 0.1) is 6.61 Å². The molecule has 0 saturated heterocycles. The van der Waals surface area contributed by atoms with Gasteiger partial charge < -0.3 is 9.47 Å². The van der Waals surface area contributed by atoms with Crippen molar-refractivity contribution in [3.8, 4) is 5.75 Å². The summed E-state index contributed by atoms with van der Waals surface area (Å²) in [4.78, 5) is 12.3. The third-order valence-electron chi connectivity index (χ3n) is 3.81. The van der Waals surface area contributed by atoms with Gasteiger partial charge in [0.2, 0.25) is 0 Å². The Kier molecular flexibility index (Phi) is 3.50. The Balaban J connectivity index is 1.81. The van der Waals surface area contributed by atoms with Crippen LogP contribution < -0.4 is 4.74 Å². The molecule has 0 aromatic heterocycles. The minimum Gasteiger partial charge on any atom is -0.493 e. The lowest BCUT2D eigenvalue weighted by Gasteiger charge is -2.14. The van der Waals surface area contributed by atoms with Gasteiger partial charge in [-0.1, -0.05) is 11.6 Å². The molecular formula is C15H17ClO3. The number of benzene rings is 1. The van der Waals surface area contributed by atoms with Crippen LogP contribution in [0.25, 0.3) is 0 Å². The van der Waals surface area contributed by atoms with E-state index in [-0.39, 0.29) is 11.9 Å². The van der Waals surface area contributed by atoms with E-state index in [9.17, 15) is 4.79 Å². The molecule has 1 atom stereocenters. The van der Waals surface area contributed by atoms with Gasteiger partial charge in [0.25, 0.3) is 0 Å². The number of carbonyl (C=O) groups excluding carboxylic acids is 1. The smallest absolute Gasteiger partial charge is 0.166 e. The summed E-state index contributed by atoms with van der Waals surface area (Å²) in [6.45, 7) is 0.674. The van der Waals surface area contributed by atoms with Gasteiger partial charge in [0, 0.05) is 30.5 Å². The number of Topliss-reactive ketones (excluding diaryl/α,β-unsaturated/α-hetero) is 1. The minimum absolute atomic E-state index is 0.130. The summed E-state index contributed by atoms with van der Waals surface area (Å²) in [6, 6.07) is 3.76. The topological polar surface area (TPSA) is 35.5 Å². The van der Waals surface area contributed by atoms with E-state index in [0.29, 0.717) is 24.0 Å². The molecule has 0 N–H and O–H groups in total. The molecule has 0 amide bonds. The fourth-order valence-corrected chi connectivity index (χ4v) is 3.01. The molecule has 0 spiro atoms. The Bertz CT molecular complexity index is 508. The molecule has 1 aromatic rings. The first kappa shape index (κ1) is 12.9. The van der Waals surface area contributed by atoms with E-state index in [1.807, 2.05) is 12.1 Å². The van der Waals surface area contributed by atoms with Crippen molar-refractivity contribution in [1.29, 1.82) is 0 Å². The number of rotatable bonds is 5. The van der Waals surface area contributed by atoms with E-state index in [0.717, 1.165) is 36.1 Å². The second kappa shape index (κ2) is 5.14. The van der Waals surface area contributed by atoms with Gasteiger partial charge in [0.1, 0.15) is 11.9 Å². The first-order valence-corrected chi connectivity index (χ1v) is 7.06. The zero-order valence-electron chi connectivity index (χ0n) is 10.9. The van der Waals surface area contributed by atoms with E-state index in [1.54, 1.807) is 7.11 Å². The van der Waals surface area contributed by atoms with Crippen LogP contribution in [-0.2, 0) is 22.4 Å². The number of fused-ring (bicyclic) bond motifs is 1. The molecule has 1 fully saturated rings. The second-order valence-electron chi connectivity index (χ2n) is 5.29. The van der Waals surface area contributed by atoms with E-state index in [4.69, 9.17) is 21.1 Å². The highest BCUT2D eigenvalue weighted by molar-refractivity contribution is 6.30. The third kappa shape index (κ3) is 2.63. The Morgan fingerprint density at radius 3 is 3.00 bits per heavy atom. The normalized spacial score (nSPS) is 18.8. The molecule has 1 aliphatic carbocycles. The van der Waals surface area contributed by atoms with Crippen LogP contribution in [0.2, 0.25) is 5.02 Å². The van der Waals surface area contributed by atoms with Crippen molar-refractivity contribution in [1.82, 2.24) is 0 Å². The van der Waals surface area contributed by atoms with Crippen LogP contribution in [0.5, 0.6) is 5.75 Å². The van der Waals surface area contributed by atoms with Crippen molar-refractivity contribution in [2.24, 2.45) is 5.92 Å². The van der Waals surface area contributed by atoms with Crippen LogP contribution in [-0.4, -0.2) is 25.6 Å². The Morgan fingerprint density at radius 1 is 1.53 bits per heavy atom. The highest BCUT2D eigenvalue weighted by Crippen LogP contribution is 2.37. The number of hydrogen-bond donors (Lipinski definition) is 0. The van der Waals surface area contributed by atoms with Crippen LogP contribution in [0.1, 0.15) is 24.0 Å². The van der Waals surface area contributed by atoms with Crippen molar-refractivity contribution >= 4 is 17.4 Å². The lowest BCUT2D eigenvalue weighted by Crippen LogP contribution is -2.26. The van der Waals surface area contributed by atoms with Crippen LogP contribution in [0, 0.1) is 5.92 Å². The van der Waals surface area contributed by atoms with Gasteiger partial charge in [-0.25, -0.2) is 0 Å². The molecule has 1 heterocycles. The van der Waals surface area contributed by atoms with E-state index in [2.05, 4.69) is 0 Å². The van der Waals surface area contributed by atoms with Gasteiger partial charge in [-0.2, -0.15) is 0 Å². The predicted octanol–water partition coefficient (Wildman–Crippen LogP) is 2.81. The summed E-state index contributed by atoms with van der Waals surface area (Å²) >= 11 is 6.10. The second-order valence-corrected chi connectivity index (χ2v) is 5.72. The minimum atomic E-state index is -0.268. The summed E-state index contributed by atoms with van der Waals surface area (Å²) in [5, 5.41) is 0.674. The number of ketones is 1. The van der Waals surface area contributed by atoms with Crippen molar-refractivity contribution < 1.29 is 14.3 Å². The van der Waals surface area contributed by atoms with Crippen LogP contribution in [0.3, 0.4) is 0 Å². The molecule has 4 heteroatoms. The Morgan fingerprint density at radius 2 is 2.32 bits per heavy atom. The lowest BCUT2D eigenvalue weighted by atomic mass is 9.99. The highest BCUT2D eigenvalue weighted by atomic mass is 35.5. The number of halogens is 1. The molecule has 3 nitrogen and oxygen atoms in total. The standard InChI is InChI=1S/C15H17ClO3/c1-18-15(9-2-3-9)13(17)8-11-7-12(16)6-10-4-5-19-14(10)11/h6-7,9,15H,2-5,8H2,1H3. The van der Waals surface area contributed by atoms with Gasteiger partial charge in [0.15, 0.2) is 5.78 Å². The van der Waals surface area contributed by atoms with Crippen molar-refractivity contribution in [3.05, 3.63) is 28.3 Å². The number of ether oxygens (including phenoxy) is 2. The number of carbonyl (C=O) groups is 1. The first-order chi connectivity index (χ1) is 9.19. The summed E-state index contributed by atoms with van der Waals surface area (Å²) in [6.07, 6.45) is 3.13. The summed E-state index contributed by atoms with van der Waals surface area (Å²) in [7, 11) is 1.61. The average molecular weight is 281 g/mol. The summed E-state index contributed by atoms with van der Waals surface area (Å²) < 4.78 is 11.0. The first-order valence-electron chi connectivity index (χ1n) is 6.68. The van der Waals surface area contributed by atoms with E-state index < -0.39 is 0 Å². The molecule has 1 saturated carbocycles. The average Bonchev–Trinajstić information content (AvgIpc) is 3.07. The molecule has 1 aliphatic heterocycles. The summed E-state index contributed by atoms with van der Waals surface area (Å²) in [5.41, 5.74) is 2.00.